The van der Waals surface area contributed by atoms with Gasteiger partial charge in [0.05, 0.1) is 0 Å². The normalized spacial score (nSPS) is 34.7. The van der Waals surface area contributed by atoms with Crippen molar-refractivity contribution in [3.63, 3.8) is 0 Å². The van der Waals surface area contributed by atoms with Crippen LogP contribution in [0, 0.1) is 23.7 Å². The van der Waals surface area contributed by atoms with Gasteiger partial charge in [-0.05, 0) is 68.9 Å². The van der Waals surface area contributed by atoms with Crippen LogP contribution in [0.2, 0.25) is 0 Å². The van der Waals surface area contributed by atoms with Crippen molar-refractivity contribution in [2.45, 2.75) is 58.9 Å². The molecule has 2 aliphatic rings. The molecule has 4 unspecified atom stereocenters. The van der Waals surface area contributed by atoms with E-state index in [-0.39, 0.29) is 0 Å². The van der Waals surface area contributed by atoms with Gasteiger partial charge in [0.25, 0.3) is 0 Å². The minimum atomic E-state index is 0.359. The lowest BCUT2D eigenvalue weighted by atomic mass is 9.73. The first-order valence-corrected chi connectivity index (χ1v) is 9.20. The summed E-state index contributed by atoms with van der Waals surface area (Å²) in [6, 6.07) is 0.724. The molecular weight excluding hydrogens is 260 g/mol. The van der Waals surface area contributed by atoms with E-state index in [1.807, 2.05) is 0 Å². The van der Waals surface area contributed by atoms with Crippen LogP contribution in [0.5, 0.6) is 0 Å². The average molecular weight is 296 g/mol. The minimum Gasteiger partial charge on any atom is -0.396 e. The first-order valence-electron chi connectivity index (χ1n) is 9.20. The van der Waals surface area contributed by atoms with Crippen molar-refractivity contribution in [3.8, 4) is 0 Å². The van der Waals surface area contributed by atoms with E-state index >= 15 is 0 Å². The van der Waals surface area contributed by atoms with Gasteiger partial charge in [0.15, 0.2) is 0 Å². The SMILES string of the molecule is CCNC1CCC(C(C)C)CC1CN1CCC(CCO)C1. The van der Waals surface area contributed by atoms with Gasteiger partial charge >= 0.3 is 0 Å². The second-order valence-electron chi connectivity index (χ2n) is 7.67. The van der Waals surface area contributed by atoms with Gasteiger partial charge in [0.2, 0.25) is 0 Å². The molecule has 124 valence electrons. The molecule has 2 N–H and O–H groups in total. The zero-order valence-electron chi connectivity index (χ0n) is 14.4. The van der Waals surface area contributed by atoms with Crippen LogP contribution < -0.4 is 5.32 Å². The molecule has 3 nitrogen and oxygen atoms in total. The summed E-state index contributed by atoms with van der Waals surface area (Å²) in [5.74, 6) is 3.30. The predicted octanol–water partition coefficient (Wildman–Crippen LogP) is 2.74. The van der Waals surface area contributed by atoms with Crippen molar-refractivity contribution in [1.82, 2.24) is 10.2 Å². The molecule has 4 atom stereocenters. The number of nitrogens with one attached hydrogen (secondary N) is 1. The zero-order chi connectivity index (χ0) is 15.2. The highest BCUT2D eigenvalue weighted by Gasteiger charge is 2.33. The van der Waals surface area contributed by atoms with E-state index in [4.69, 9.17) is 5.11 Å². The van der Waals surface area contributed by atoms with Crippen molar-refractivity contribution in [3.05, 3.63) is 0 Å². The van der Waals surface area contributed by atoms with E-state index in [1.54, 1.807) is 0 Å². The Morgan fingerprint density at radius 1 is 1.24 bits per heavy atom. The standard InChI is InChI=1S/C18H36N2O/c1-4-19-18-6-5-16(14(2)3)11-17(18)13-20-9-7-15(12-20)8-10-21/h14-19,21H,4-13H2,1-3H3. The summed E-state index contributed by atoms with van der Waals surface area (Å²) in [7, 11) is 0. The fourth-order valence-electron chi connectivity index (χ4n) is 4.47. The van der Waals surface area contributed by atoms with Crippen LogP contribution in [0.15, 0.2) is 0 Å². The highest BCUT2D eigenvalue weighted by Crippen LogP contribution is 2.35. The number of hydrogen-bond donors (Lipinski definition) is 2. The van der Waals surface area contributed by atoms with Crippen LogP contribution in [-0.4, -0.2) is 48.8 Å². The first kappa shape index (κ1) is 17.2. The Bertz CT molecular complexity index is 295. The maximum absolute atomic E-state index is 9.11. The third kappa shape index (κ3) is 4.94. The van der Waals surface area contributed by atoms with E-state index in [0.717, 1.165) is 42.7 Å². The maximum atomic E-state index is 9.11. The molecule has 1 saturated heterocycles. The van der Waals surface area contributed by atoms with E-state index in [0.29, 0.717) is 6.61 Å². The van der Waals surface area contributed by atoms with Gasteiger partial charge in [-0.25, -0.2) is 0 Å². The first-order chi connectivity index (χ1) is 10.1. The van der Waals surface area contributed by atoms with Crippen LogP contribution in [0.4, 0.5) is 0 Å². The van der Waals surface area contributed by atoms with Crippen molar-refractivity contribution >= 4 is 0 Å². The monoisotopic (exact) mass is 296 g/mol. The largest absolute Gasteiger partial charge is 0.396 e. The molecule has 0 aromatic carbocycles. The predicted molar refractivity (Wildman–Crippen MR) is 89.4 cm³/mol. The van der Waals surface area contributed by atoms with E-state index in [1.165, 1.54) is 45.3 Å². The number of aliphatic hydroxyl groups excluding tert-OH is 1. The summed E-state index contributed by atoms with van der Waals surface area (Å²) in [4.78, 5) is 2.66. The molecular formula is C18H36N2O. The Kier molecular flexibility index (Phi) is 6.97. The number of hydrogen-bond acceptors (Lipinski definition) is 3. The molecule has 0 aromatic heterocycles. The number of likely N-dealkylation sites (tertiary alicyclic amines) is 1. The molecule has 1 aliphatic heterocycles. The lowest BCUT2D eigenvalue weighted by Gasteiger charge is -2.40. The second-order valence-corrected chi connectivity index (χ2v) is 7.67. The molecule has 21 heavy (non-hydrogen) atoms. The Labute approximate surface area is 131 Å². The van der Waals surface area contributed by atoms with Gasteiger partial charge in [-0.2, -0.15) is 0 Å². The molecule has 0 spiro atoms. The lowest BCUT2D eigenvalue weighted by molar-refractivity contribution is 0.130. The summed E-state index contributed by atoms with van der Waals surface area (Å²) in [5.41, 5.74) is 0. The maximum Gasteiger partial charge on any atom is 0.0434 e. The van der Waals surface area contributed by atoms with Gasteiger partial charge in [-0.1, -0.05) is 20.8 Å². The molecule has 0 aromatic rings. The van der Waals surface area contributed by atoms with Crippen molar-refractivity contribution in [2.24, 2.45) is 23.7 Å². The van der Waals surface area contributed by atoms with Gasteiger partial charge in [0, 0.05) is 25.7 Å². The topological polar surface area (TPSA) is 35.5 Å². The third-order valence-electron chi connectivity index (χ3n) is 5.83. The molecule has 2 rings (SSSR count). The Morgan fingerprint density at radius 2 is 2.05 bits per heavy atom. The van der Waals surface area contributed by atoms with E-state index in [9.17, 15) is 0 Å². The summed E-state index contributed by atoms with van der Waals surface area (Å²) >= 11 is 0. The summed E-state index contributed by atoms with van der Waals surface area (Å²) in [6.07, 6.45) is 6.43. The summed E-state index contributed by atoms with van der Waals surface area (Å²) in [6.45, 7) is 12.2. The van der Waals surface area contributed by atoms with Gasteiger partial charge < -0.3 is 15.3 Å². The van der Waals surface area contributed by atoms with Crippen LogP contribution in [-0.2, 0) is 0 Å². The molecule has 3 heteroatoms. The molecule has 0 radical (unpaired) electrons. The van der Waals surface area contributed by atoms with E-state index < -0.39 is 0 Å². The van der Waals surface area contributed by atoms with Crippen LogP contribution in [0.1, 0.15) is 52.9 Å². The van der Waals surface area contributed by atoms with Crippen molar-refractivity contribution in [2.75, 3.05) is 32.8 Å². The lowest BCUT2D eigenvalue weighted by Crippen LogP contribution is -2.46. The quantitative estimate of drug-likeness (QED) is 0.758. The highest BCUT2D eigenvalue weighted by atomic mass is 16.3. The molecule has 0 amide bonds. The Morgan fingerprint density at radius 3 is 2.71 bits per heavy atom. The van der Waals surface area contributed by atoms with Gasteiger partial charge in [-0.15, -0.1) is 0 Å². The van der Waals surface area contributed by atoms with Crippen molar-refractivity contribution < 1.29 is 5.11 Å². The van der Waals surface area contributed by atoms with Crippen LogP contribution in [0.3, 0.4) is 0 Å². The van der Waals surface area contributed by atoms with Crippen LogP contribution in [0.25, 0.3) is 0 Å². The smallest absolute Gasteiger partial charge is 0.0434 e. The van der Waals surface area contributed by atoms with Gasteiger partial charge in [-0.3, -0.25) is 0 Å². The highest BCUT2D eigenvalue weighted by molar-refractivity contribution is 4.89. The van der Waals surface area contributed by atoms with Crippen molar-refractivity contribution in [1.29, 1.82) is 0 Å². The number of rotatable bonds is 7. The fourth-order valence-corrected chi connectivity index (χ4v) is 4.47. The molecule has 1 saturated carbocycles. The van der Waals surface area contributed by atoms with Gasteiger partial charge in [0.1, 0.15) is 0 Å². The van der Waals surface area contributed by atoms with Crippen LogP contribution >= 0.6 is 0 Å². The molecule has 2 fully saturated rings. The Hall–Kier alpha value is -0.120. The Balaban J connectivity index is 1.87. The third-order valence-corrected chi connectivity index (χ3v) is 5.83. The molecule has 1 aliphatic carbocycles. The summed E-state index contributed by atoms with van der Waals surface area (Å²) < 4.78 is 0. The van der Waals surface area contributed by atoms with E-state index in [2.05, 4.69) is 31.0 Å². The summed E-state index contributed by atoms with van der Waals surface area (Å²) in [5, 5.41) is 12.9. The fraction of sp³-hybridized carbons (Fsp3) is 1.00. The number of nitrogens with zero attached hydrogens (tertiary/aromatic N) is 1. The minimum absolute atomic E-state index is 0.359. The second kappa shape index (κ2) is 8.50. The average Bonchev–Trinajstić information content (AvgIpc) is 2.88. The number of aliphatic hydroxyl groups is 1. The molecule has 1 heterocycles. The molecule has 0 bridgehead atoms. The zero-order valence-corrected chi connectivity index (χ0v) is 14.4.